The lowest BCUT2D eigenvalue weighted by atomic mass is 10.2. The zero-order valence-electron chi connectivity index (χ0n) is 10.7. The second kappa shape index (κ2) is 5.49. The Bertz CT molecular complexity index is 704. The Morgan fingerprint density at radius 2 is 2.14 bits per heavy atom. The Morgan fingerprint density at radius 1 is 1.33 bits per heavy atom. The average molecular weight is 308 g/mol. The van der Waals surface area contributed by atoms with E-state index in [-0.39, 0.29) is 29.9 Å². The number of rotatable bonds is 4. The number of carboxylic acid groups (broad SMARTS) is 1. The number of aromatic carboxylic acids is 1. The zero-order valence-corrected chi connectivity index (χ0v) is 11.5. The summed E-state index contributed by atoms with van der Waals surface area (Å²) in [5.41, 5.74) is 0.806. The minimum absolute atomic E-state index is 0.0487. The van der Waals surface area contributed by atoms with Gasteiger partial charge in [0.05, 0.1) is 16.8 Å². The fourth-order valence-corrected chi connectivity index (χ4v) is 2.03. The predicted octanol–water partition coefficient (Wildman–Crippen LogP) is 2.74. The third kappa shape index (κ3) is 2.85. The summed E-state index contributed by atoms with van der Waals surface area (Å²) in [6.07, 6.45) is 1.25. The lowest BCUT2D eigenvalue weighted by Gasteiger charge is -2.07. The molecule has 0 aliphatic carbocycles. The van der Waals surface area contributed by atoms with E-state index in [4.69, 9.17) is 30.9 Å². The summed E-state index contributed by atoms with van der Waals surface area (Å²) >= 11 is 5.74. The molecule has 1 aliphatic rings. The number of hydrogen-bond acceptors (Lipinski definition) is 5. The highest BCUT2D eigenvalue weighted by molar-refractivity contribution is 6.33. The number of carbonyl (C=O) groups is 1. The molecule has 1 aromatic heterocycles. The fourth-order valence-electron chi connectivity index (χ4n) is 1.85. The number of nitrogens with zero attached hydrogens (tertiary/aromatic N) is 1. The molecular formula is C14H10ClNO5. The maximum Gasteiger partial charge on any atom is 0.337 e. The summed E-state index contributed by atoms with van der Waals surface area (Å²) < 4.78 is 16.0. The first-order chi connectivity index (χ1) is 10.1. The van der Waals surface area contributed by atoms with Crippen LogP contribution in [0.25, 0.3) is 0 Å². The van der Waals surface area contributed by atoms with Gasteiger partial charge in [0, 0.05) is 6.07 Å². The predicted molar refractivity (Wildman–Crippen MR) is 73.1 cm³/mol. The van der Waals surface area contributed by atoms with Crippen LogP contribution in [0.15, 0.2) is 30.5 Å². The summed E-state index contributed by atoms with van der Waals surface area (Å²) in [4.78, 5) is 14.9. The van der Waals surface area contributed by atoms with Gasteiger partial charge in [0.1, 0.15) is 6.61 Å². The van der Waals surface area contributed by atoms with Crippen LogP contribution in [-0.4, -0.2) is 22.9 Å². The number of pyridine rings is 1. The number of carboxylic acids is 1. The van der Waals surface area contributed by atoms with E-state index in [0.29, 0.717) is 11.5 Å². The van der Waals surface area contributed by atoms with Crippen LogP contribution in [0.5, 0.6) is 17.4 Å². The first-order valence-corrected chi connectivity index (χ1v) is 6.41. The van der Waals surface area contributed by atoms with Crippen LogP contribution in [0.4, 0.5) is 0 Å². The van der Waals surface area contributed by atoms with Crippen molar-refractivity contribution in [2.75, 3.05) is 6.79 Å². The lowest BCUT2D eigenvalue weighted by molar-refractivity contribution is 0.0696. The van der Waals surface area contributed by atoms with Crippen molar-refractivity contribution in [3.63, 3.8) is 0 Å². The summed E-state index contributed by atoms with van der Waals surface area (Å²) in [5, 5.41) is 9.05. The molecular weight excluding hydrogens is 298 g/mol. The molecule has 2 heterocycles. The molecule has 3 rings (SSSR count). The van der Waals surface area contributed by atoms with Gasteiger partial charge in [0.2, 0.25) is 12.7 Å². The Hall–Kier alpha value is -2.47. The van der Waals surface area contributed by atoms with Crippen LogP contribution in [0.1, 0.15) is 15.9 Å². The van der Waals surface area contributed by atoms with Crippen molar-refractivity contribution in [1.82, 2.24) is 4.98 Å². The third-order valence-corrected chi connectivity index (χ3v) is 3.19. The van der Waals surface area contributed by atoms with E-state index in [1.807, 2.05) is 6.07 Å². The van der Waals surface area contributed by atoms with Crippen LogP contribution >= 0.6 is 11.6 Å². The molecule has 2 aromatic rings. The third-order valence-electron chi connectivity index (χ3n) is 2.88. The highest BCUT2D eigenvalue weighted by Crippen LogP contribution is 2.32. The summed E-state index contributed by atoms with van der Waals surface area (Å²) in [6, 6.07) is 6.72. The average Bonchev–Trinajstić information content (AvgIpc) is 2.93. The molecule has 0 saturated carbocycles. The van der Waals surface area contributed by atoms with Gasteiger partial charge in [0.25, 0.3) is 0 Å². The van der Waals surface area contributed by atoms with Gasteiger partial charge in [-0.1, -0.05) is 17.7 Å². The van der Waals surface area contributed by atoms with Gasteiger partial charge < -0.3 is 19.3 Å². The number of ether oxygens (including phenoxy) is 3. The van der Waals surface area contributed by atoms with Crippen LogP contribution < -0.4 is 14.2 Å². The van der Waals surface area contributed by atoms with Crippen LogP contribution in [0, 0.1) is 0 Å². The molecule has 0 radical (unpaired) electrons. The van der Waals surface area contributed by atoms with Crippen LogP contribution in [-0.2, 0) is 6.61 Å². The van der Waals surface area contributed by atoms with Crippen LogP contribution in [0.2, 0.25) is 5.02 Å². The van der Waals surface area contributed by atoms with Gasteiger partial charge in [-0.3, -0.25) is 0 Å². The van der Waals surface area contributed by atoms with E-state index in [1.165, 1.54) is 12.3 Å². The number of aromatic nitrogens is 1. The molecule has 0 atom stereocenters. The highest BCUT2D eigenvalue weighted by Gasteiger charge is 2.14. The first kappa shape index (κ1) is 13.5. The maximum atomic E-state index is 11.0. The number of halogens is 1. The topological polar surface area (TPSA) is 77.9 Å². The van der Waals surface area contributed by atoms with Gasteiger partial charge in [0.15, 0.2) is 11.5 Å². The maximum absolute atomic E-state index is 11.0. The van der Waals surface area contributed by atoms with Gasteiger partial charge in [-0.2, -0.15) is 0 Å². The molecule has 0 spiro atoms. The molecule has 1 N–H and O–H groups in total. The molecule has 1 aromatic carbocycles. The normalized spacial score (nSPS) is 12.2. The van der Waals surface area contributed by atoms with E-state index >= 15 is 0 Å². The quantitative estimate of drug-likeness (QED) is 0.935. The molecule has 0 bridgehead atoms. The Kier molecular flexibility index (Phi) is 3.53. The SMILES string of the molecule is O=C(O)c1cc(OCc2ccc3c(c2)OCO3)ncc1Cl. The number of fused-ring (bicyclic) bond motifs is 1. The second-order valence-electron chi connectivity index (χ2n) is 4.28. The summed E-state index contributed by atoms with van der Waals surface area (Å²) in [5.74, 6) is 0.410. The van der Waals surface area contributed by atoms with Gasteiger partial charge in [-0.25, -0.2) is 9.78 Å². The standard InChI is InChI=1S/C14H10ClNO5/c15-10-5-16-13(4-9(10)14(17)18)19-6-8-1-2-11-12(3-8)21-7-20-11/h1-5H,6-7H2,(H,17,18). The Balaban J connectivity index is 1.73. The lowest BCUT2D eigenvalue weighted by Crippen LogP contribution is -2.02. The largest absolute Gasteiger partial charge is 0.478 e. The molecule has 0 saturated heterocycles. The molecule has 1 aliphatic heterocycles. The molecule has 108 valence electrons. The Morgan fingerprint density at radius 3 is 2.95 bits per heavy atom. The van der Waals surface area contributed by atoms with Crippen molar-refractivity contribution in [3.8, 4) is 17.4 Å². The van der Waals surface area contributed by atoms with Crippen molar-refractivity contribution in [2.45, 2.75) is 6.61 Å². The van der Waals surface area contributed by atoms with Crippen LogP contribution in [0.3, 0.4) is 0 Å². The molecule has 7 heteroatoms. The minimum atomic E-state index is -1.13. The van der Waals surface area contributed by atoms with E-state index in [2.05, 4.69) is 4.98 Å². The fraction of sp³-hybridized carbons (Fsp3) is 0.143. The number of hydrogen-bond donors (Lipinski definition) is 1. The monoisotopic (exact) mass is 307 g/mol. The van der Waals surface area contributed by atoms with Gasteiger partial charge in [-0.05, 0) is 17.7 Å². The molecule has 0 amide bonds. The smallest absolute Gasteiger partial charge is 0.337 e. The molecule has 0 unspecified atom stereocenters. The molecule has 6 nitrogen and oxygen atoms in total. The van der Waals surface area contributed by atoms with E-state index in [9.17, 15) is 4.79 Å². The molecule has 21 heavy (non-hydrogen) atoms. The molecule has 0 fully saturated rings. The summed E-state index contributed by atoms with van der Waals surface area (Å²) in [7, 11) is 0. The van der Waals surface area contributed by atoms with Crippen molar-refractivity contribution in [2.24, 2.45) is 0 Å². The van der Waals surface area contributed by atoms with E-state index in [0.717, 1.165) is 5.56 Å². The first-order valence-electron chi connectivity index (χ1n) is 6.03. The second-order valence-corrected chi connectivity index (χ2v) is 4.69. The van der Waals surface area contributed by atoms with Crippen molar-refractivity contribution < 1.29 is 24.1 Å². The van der Waals surface area contributed by atoms with Crippen molar-refractivity contribution in [3.05, 3.63) is 46.6 Å². The van der Waals surface area contributed by atoms with Gasteiger partial charge in [-0.15, -0.1) is 0 Å². The van der Waals surface area contributed by atoms with Gasteiger partial charge >= 0.3 is 5.97 Å². The van der Waals surface area contributed by atoms with Crippen molar-refractivity contribution in [1.29, 1.82) is 0 Å². The zero-order chi connectivity index (χ0) is 14.8. The van der Waals surface area contributed by atoms with Crippen molar-refractivity contribution >= 4 is 17.6 Å². The van der Waals surface area contributed by atoms with E-state index in [1.54, 1.807) is 12.1 Å². The highest BCUT2D eigenvalue weighted by atomic mass is 35.5. The number of benzene rings is 1. The Labute approximate surface area is 124 Å². The van der Waals surface area contributed by atoms with E-state index < -0.39 is 5.97 Å². The minimum Gasteiger partial charge on any atom is -0.478 e. The summed E-state index contributed by atoms with van der Waals surface area (Å²) in [6.45, 7) is 0.435.